The van der Waals surface area contributed by atoms with Gasteiger partial charge in [0.25, 0.3) is 0 Å². The molecule has 3 rings (SSSR count). The van der Waals surface area contributed by atoms with E-state index < -0.39 is 0 Å². The molecular weight excluding hydrogens is 244 g/mol. The van der Waals surface area contributed by atoms with Crippen LogP contribution in [0.1, 0.15) is 19.8 Å². The predicted octanol–water partition coefficient (Wildman–Crippen LogP) is 2.21. The van der Waals surface area contributed by atoms with Crippen LogP contribution >= 0.6 is 11.8 Å². The van der Waals surface area contributed by atoms with Gasteiger partial charge in [-0.15, -0.1) is 10.2 Å². The van der Waals surface area contributed by atoms with Crippen molar-refractivity contribution in [2.75, 3.05) is 12.3 Å². The van der Waals surface area contributed by atoms with Crippen LogP contribution in [0.25, 0.3) is 5.65 Å². The molecule has 0 saturated heterocycles. The molecule has 1 unspecified atom stereocenters. The summed E-state index contributed by atoms with van der Waals surface area (Å²) in [6, 6.07) is 6.61. The Morgan fingerprint density at radius 2 is 2.33 bits per heavy atom. The maximum Gasteiger partial charge on any atom is 0.195 e. The molecule has 4 nitrogen and oxygen atoms in total. The van der Waals surface area contributed by atoms with Crippen LogP contribution < -0.4 is 5.32 Å². The molecule has 1 N–H and O–H groups in total. The van der Waals surface area contributed by atoms with E-state index in [-0.39, 0.29) is 0 Å². The van der Waals surface area contributed by atoms with E-state index >= 15 is 0 Å². The highest BCUT2D eigenvalue weighted by Gasteiger charge is 2.30. The number of nitrogens with zero attached hydrogens (tertiary/aromatic N) is 3. The van der Waals surface area contributed by atoms with Gasteiger partial charge in [0, 0.05) is 18.0 Å². The van der Waals surface area contributed by atoms with Gasteiger partial charge in [0.2, 0.25) is 0 Å². The number of nitrogens with one attached hydrogen (secondary N) is 1. The smallest absolute Gasteiger partial charge is 0.195 e. The first kappa shape index (κ1) is 12.0. The fourth-order valence-corrected chi connectivity index (χ4v) is 3.32. The van der Waals surface area contributed by atoms with Crippen molar-refractivity contribution in [3.8, 4) is 0 Å². The third kappa shape index (κ3) is 2.52. The van der Waals surface area contributed by atoms with Gasteiger partial charge in [-0.3, -0.25) is 4.40 Å². The standard InChI is InChI=1S/C13H18N4S/c1-2-14-11(10-6-7-10)9-18-13-16-15-12-5-3-4-8-17(12)13/h3-5,8,10-11,14H,2,6-7,9H2,1H3. The van der Waals surface area contributed by atoms with Crippen molar-refractivity contribution in [3.63, 3.8) is 0 Å². The van der Waals surface area contributed by atoms with Crippen LogP contribution in [0, 0.1) is 5.92 Å². The third-order valence-corrected chi connectivity index (χ3v) is 4.39. The molecule has 0 amide bonds. The molecule has 2 aromatic rings. The molecule has 0 aliphatic heterocycles. The zero-order chi connectivity index (χ0) is 12.4. The predicted molar refractivity (Wildman–Crippen MR) is 73.9 cm³/mol. The van der Waals surface area contributed by atoms with Gasteiger partial charge in [-0.1, -0.05) is 24.8 Å². The molecule has 2 aromatic heterocycles. The molecule has 2 heterocycles. The number of hydrogen-bond acceptors (Lipinski definition) is 4. The summed E-state index contributed by atoms with van der Waals surface area (Å²) in [7, 11) is 0. The Balaban J connectivity index is 1.68. The van der Waals surface area contributed by atoms with Crippen LogP contribution in [0.4, 0.5) is 0 Å². The van der Waals surface area contributed by atoms with Gasteiger partial charge in [-0.05, 0) is 37.4 Å². The van der Waals surface area contributed by atoms with Gasteiger partial charge in [0.15, 0.2) is 10.8 Å². The summed E-state index contributed by atoms with van der Waals surface area (Å²) in [5.41, 5.74) is 0.923. The minimum absolute atomic E-state index is 0.621. The maximum absolute atomic E-state index is 4.26. The van der Waals surface area contributed by atoms with E-state index in [1.807, 2.05) is 24.4 Å². The zero-order valence-electron chi connectivity index (χ0n) is 10.5. The molecule has 1 aliphatic rings. The highest BCUT2D eigenvalue weighted by molar-refractivity contribution is 7.99. The summed E-state index contributed by atoms with van der Waals surface area (Å²) in [5.74, 6) is 1.95. The molecule has 18 heavy (non-hydrogen) atoms. The average molecular weight is 262 g/mol. The minimum atomic E-state index is 0.621. The summed E-state index contributed by atoms with van der Waals surface area (Å²) in [6.45, 7) is 3.22. The Kier molecular flexibility index (Phi) is 3.52. The number of hydrogen-bond donors (Lipinski definition) is 1. The SMILES string of the molecule is CCNC(CSc1nnc2ccccn12)C1CC1. The molecule has 0 radical (unpaired) electrons. The molecule has 96 valence electrons. The Morgan fingerprint density at radius 3 is 3.11 bits per heavy atom. The molecule has 0 aromatic carbocycles. The lowest BCUT2D eigenvalue weighted by molar-refractivity contribution is 0.519. The molecule has 5 heteroatoms. The van der Waals surface area contributed by atoms with E-state index in [4.69, 9.17) is 0 Å². The lowest BCUT2D eigenvalue weighted by Gasteiger charge is -2.15. The van der Waals surface area contributed by atoms with Gasteiger partial charge in [0.1, 0.15) is 0 Å². The van der Waals surface area contributed by atoms with Crippen LogP contribution in [0.3, 0.4) is 0 Å². The van der Waals surface area contributed by atoms with Crippen molar-refractivity contribution in [1.29, 1.82) is 0 Å². The van der Waals surface area contributed by atoms with E-state index in [1.165, 1.54) is 12.8 Å². The zero-order valence-corrected chi connectivity index (χ0v) is 11.4. The monoisotopic (exact) mass is 262 g/mol. The third-order valence-electron chi connectivity index (χ3n) is 3.33. The number of pyridine rings is 1. The number of rotatable bonds is 6. The maximum atomic E-state index is 4.26. The highest BCUT2D eigenvalue weighted by Crippen LogP contribution is 2.34. The highest BCUT2D eigenvalue weighted by atomic mass is 32.2. The number of thioether (sulfide) groups is 1. The molecule has 1 aliphatic carbocycles. The number of aromatic nitrogens is 3. The lowest BCUT2D eigenvalue weighted by atomic mass is 10.2. The molecule has 0 spiro atoms. The Morgan fingerprint density at radius 1 is 1.44 bits per heavy atom. The minimum Gasteiger partial charge on any atom is -0.313 e. The van der Waals surface area contributed by atoms with Crippen LogP contribution in [0.15, 0.2) is 29.6 Å². The van der Waals surface area contributed by atoms with E-state index in [0.717, 1.165) is 29.0 Å². The van der Waals surface area contributed by atoms with E-state index in [0.29, 0.717) is 6.04 Å². The Bertz CT molecular complexity index is 520. The van der Waals surface area contributed by atoms with E-state index in [9.17, 15) is 0 Å². The van der Waals surface area contributed by atoms with Crippen molar-refractivity contribution in [3.05, 3.63) is 24.4 Å². The first-order chi connectivity index (χ1) is 8.88. The summed E-state index contributed by atoms with van der Waals surface area (Å²) in [5, 5.41) is 13.0. The Hall–Kier alpha value is -1.07. The second-order valence-corrected chi connectivity index (χ2v) is 5.71. The summed E-state index contributed by atoms with van der Waals surface area (Å²) in [6.07, 6.45) is 4.77. The molecule has 0 bridgehead atoms. The first-order valence-corrected chi connectivity index (χ1v) is 7.53. The quantitative estimate of drug-likeness (QED) is 0.811. The average Bonchev–Trinajstić information content (AvgIpc) is 3.16. The van der Waals surface area contributed by atoms with Crippen LogP contribution in [-0.4, -0.2) is 32.9 Å². The van der Waals surface area contributed by atoms with Crippen molar-refractivity contribution in [2.24, 2.45) is 5.92 Å². The summed E-state index contributed by atoms with van der Waals surface area (Å²) < 4.78 is 2.06. The number of fused-ring (bicyclic) bond motifs is 1. The van der Waals surface area contributed by atoms with Crippen molar-refractivity contribution in [1.82, 2.24) is 19.9 Å². The Labute approximate surface area is 111 Å². The molecule has 1 saturated carbocycles. The second-order valence-electron chi connectivity index (χ2n) is 4.72. The second kappa shape index (κ2) is 5.28. The molecular formula is C13H18N4S. The molecule has 1 atom stereocenters. The van der Waals surface area contributed by atoms with E-state index in [2.05, 4.69) is 26.8 Å². The van der Waals surface area contributed by atoms with E-state index in [1.54, 1.807) is 11.8 Å². The van der Waals surface area contributed by atoms with Gasteiger partial charge in [0.05, 0.1) is 0 Å². The first-order valence-electron chi connectivity index (χ1n) is 6.54. The van der Waals surface area contributed by atoms with Gasteiger partial charge < -0.3 is 5.32 Å². The normalized spacial score (nSPS) is 17.2. The fourth-order valence-electron chi connectivity index (χ4n) is 2.20. The van der Waals surface area contributed by atoms with Crippen LogP contribution in [0.2, 0.25) is 0 Å². The fraction of sp³-hybridized carbons (Fsp3) is 0.538. The molecule has 1 fully saturated rings. The summed E-state index contributed by atoms with van der Waals surface area (Å²) >= 11 is 1.80. The van der Waals surface area contributed by atoms with Crippen molar-refractivity contribution < 1.29 is 0 Å². The van der Waals surface area contributed by atoms with Gasteiger partial charge in [-0.2, -0.15) is 0 Å². The van der Waals surface area contributed by atoms with Gasteiger partial charge in [-0.25, -0.2) is 0 Å². The summed E-state index contributed by atoms with van der Waals surface area (Å²) in [4.78, 5) is 0. The topological polar surface area (TPSA) is 42.2 Å². The lowest BCUT2D eigenvalue weighted by Crippen LogP contribution is -2.33. The van der Waals surface area contributed by atoms with Crippen LogP contribution in [0.5, 0.6) is 0 Å². The van der Waals surface area contributed by atoms with Gasteiger partial charge >= 0.3 is 0 Å². The van der Waals surface area contributed by atoms with Crippen molar-refractivity contribution >= 4 is 17.4 Å². The largest absolute Gasteiger partial charge is 0.313 e. The van der Waals surface area contributed by atoms with Crippen LogP contribution in [-0.2, 0) is 0 Å². The van der Waals surface area contributed by atoms with Crippen molar-refractivity contribution in [2.45, 2.75) is 31.0 Å².